The topological polar surface area (TPSA) is 67.2 Å². The van der Waals surface area contributed by atoms with Crippen LogP contribution in [-0.4, -0.2) is 24.6 Å². The molecule has 1 aromatic carbocycles. The summed E-state index contributed by atoms with van der Waals surface area (Å²) < 4.78 is 13.2. The molecule has 0 aromatic heterocycles. The van der Waals surface area contributed by atoms with Crippen molar-refractivity contribution in [1.29, 1.82) is 0 Å². The summed E-state index contributed by atoms with van der Waals surface area (Å²) in [6.07, 6.45) is 0.821. The monoisotopic (exact) mass is 241 g/mol. The number of halogens is 1. The molecule has 0 fully saturated rings. The molecule has 0 atom stereocenters. The lowest BCUT2D eigenvalue weighted by Crippen LogP contribution is -2.17. The van der Waals surface area contributed by atoms with Crippen LogP contribution in [0, 0.1) is 15.9 Å². The smallest absolute Gasteiger partial charge is 0.327 e. The Hall–Kier alpha value is -1.69. The second kappa shape index (κ2) is 6.80. The van der Waals surface area contributed by atoms with Gasteiger partial charge in [0.25, 0.3) is 0 Å². The summed E-state index contributed by atoms with van der Waals surface area (Å²) in [6, 6.07) is 4.05. The van der Waals surface area contributed by atoms with Gasteiger partial charge in [0.15, 0.2) is 0 Å². The zero-order chi connectivity index (χ0) is 12.7. The molecular weight excluding hydrogens is 225 g/mol. The van der Waals surface area contributed by atoms with Crippen LogP contribution < -0.4 is 10.6 Å². The van der Waals surface area contributed by atoms with E-state index in [4.69, 9.17) is 0 Å². The molecule has 0 saturated carbocycles. The SMILES string of the molecule is CCNCCCNc1cccc(F)c1[N+](=O)[O-]. The molecule has 6 heteroatoms. The van der Waals surface area contributed by atoms with Gasteiger partial charge in [0.2, 0.25) is 5.82 Å². The minimum atomic E-state index is -0.813. The van der Waals surface area contributed by atoms with Gasteiger partial charge in [-0.3, -0.25) is 10.1 Å². The molecular formula is C11H16FN3O2. The van der Waals surface area contributed by atoms with Crippen molar-refractivity contribution in [3.8, 4) is 0 Å². The lowest BCUT2D eigenvalue weighted by molar-refractivity contribution is -0.386. The summed E-state index contributed by atoms with van der Waals surface area (Å²) in [5.41, 5.74) is -0.262. The van der Waals surface area contributed by atoms with Gasteiger partial charge in [0, 0.05) is 6.54 Å². The zero-order valence-electron chi connectivity index (χ0n) is 9.70. The minimum absolute atomic E-state index is 0.228. The van der Waals surface area contributed by atoms with Crippen LogP contribution in [0.15, 0.2) is 18.2 Å². The fourth-order valence-corrected chi connectivity index (χ4v) is 1.46. The summed E-state index contributed by atoms with van der Waals surface area (Å²) in [5.74, 6) is -0.813. The van der Waals surface area contributed by atoms with E-state index in [0.717, 1.165) is 25.6 Å². The number of anilines is 1. The van der Waals surface area contributed by atoms with Crippen LogP contribution in [0.2, 0.25) is 0 Å². The first-order valence-corrected chi connectivity index (χ1v) is 5.54. The Bertz CT molecular complexity index is 385. The third-order valence-electron chi connectivity index (χ3n) is 2.27. The number of para-hydroxylation sites is 1. The average molecular weight is 241 g/mol. The van der Waals surface area contributed by atoms with Crippen LogP contribution in [-0.2, 0) is 0 Å². The van der Waals surface area contributed by atoms with Gasteiger partial charge in [-0.25, -0.2) is 0 Å². The van der Waals surface area contributed by atoms with E-state index >= 15 is 0 Å². The van der Waals surface area contributed by atoms with Crippen LogP contribution in [0.3, 0.4) is 0 Å². The van der Waals surface area contributed by atoms with E-state index in [1.165, 1.54) is 12.1 Å². The van der Waals surface area contributed by atoms with Crippen molar-refractivity contribution in [2.75, 3.05) is 25.0 Å². The molecule has 0 bridgehead atoms. The van der Waals surface area contributed by atoms with Gasteiger partial charge in [0.05, 0.1) is 4.92 Å². The zero-order valence-corrected chi connectivity index (χ0v) is 9.70. The number of nitrogens with one attached hydrogen (secondary N) is 2. The van der Waals surface area contributed by atoms with Crippen LogP contribution >= 0.6 is 0 Å². The molecule has 0 amide bonds. The average Bonchev–Trinajstić information content (AvgIpc) is 2.28. The fourth-order valence-electron chi connectivity index (χ4n) is 1.46. The van der Waals surface area contributed by atoms with E-state index in [1.807, 2.05) is 6.92 Å². The normalized spacial score (nSPS) is 10.2. The first kappa shape index (κ1) is 13.4. The summed E-state index contributed by atoms with van der Waals surface area (Å²) in [7, 11) is 0. The van der Waals surface area contributed by atoms with Gasteiger partial charge in [-0.1, -0.05) is 13.0 Å². The van der Waals surface area contributed by atoms with Gasteiger partial charge in [0.1, 0.15) is 5.69 Å². The summed E-state index contributed by atoms with van der Waals surface area (Å²) in [6.45, 7) is 4.29. The van der Waals surface area contributed by atoms with Crippen molar-refractivity contribution < 1.29 is 9.31 Å². The van der Waals surface area contributed by atoms with Gasteiger partial charge in [-0.2, -0.15) is 4.39 Å². The van der Waals surface area contributed by atoms with Gasteiger partial charge < -0.3 is 10.6 Å². The highest BCUT2D eigenvalue weighted by molar-refractivity contribution is 5.61. The van der Waals surface area contributed by atoms with Crippen LogP contribution in [0.1, 0.15) is 13.3 Å². The van der Waals surface area contributed by atoms with Crippen molar-refractivity contribution in [3.63, 3.8) is 0 Å². The Labute approximate surface area is 99.2 Å². The number of nitrogens with zero attached hydrogens (tertiary/aromatic N) is 1. The second-order valence-electron chi connectivity index (χ2n) is 3.53. The molecule has 0 aliphatic rings. The first-order valence-electron chi connectivity index (χ1n) is 5.54. The van der Waals surface area contributed by atoms with Gasteiger partial charge in [-0.15, -0.1) is 0 Å². The van der Waals surface area contributed by atoms with Crippen molar-refractivity contribution in [3.05, 3.63) is 34.1 Å². The highest BCUT2D eigenvalue weighted by Crippen LogP contribution is 2.26. The third kappa shape index (κ3) is 3.99. The van der Waals surface area contributed by atoms with Gasteiger partial charge >= 0.3 is 5.69 Å². The largest absolute Gasteiger partial charge is 0.379 e. The van der Waals surface area contributed by atoms with E-state index in [-0.39, 0.29) is 5.69 Å². The fraction of sp³-hybridized carbons (Fsp3) is 0.455. The number of rotatable bonds is 7. The van der Waals surface area contributed by atoms with Crippen LogP contribution in [0.4, 0.5) is 15.8 Å². The minimum Gasteiger partial charge on any atom is -0.379 e. The Balaban J connectivity index is 2.58. The van der Waals surface area contributed by atoms with Crippen molar-refractivity contribution >= 4 is 11.4 Å². The third-order valence-corrected chi connectivity index (χ3v) is 2.27. The molecule has 0 saturated heterocycles. The molecule has 17 heavy (non-hydrogen) atoms. The van der Waals surface area contributed by atoms with Crippen molar-refractivity contribution in [1.82, 2.24) is 5.32 Å². The molecule has 1 aromatic rings. The van der Waals surface area contributed by atoms with Crippen LogP contribution in [0.5, 0.6) is 0 Å². The predicted octanol–water partition coefficient (Wildman–Crippen LogP) is 2.15. The molecule has 0 heterocycles. The van der Waals surface area contributed by atoms with Crippen molar-refractivity contribution in [2.45, 2.75) is 13.3 Å². The van der Waals surface area contributed by atoms with E-state index in [2.05, 4.69) is 10.6 Å². The van der Waals surface area contributed by atoms with Crippen LogP contribution in [0.25, 0.3) is 0 Å². The van der Waals surface area contributed by atoms with Gasteiger partial charge in [-0.05, 0) is 31.6 Å². The molecule has 1 rings (SSSR count). The second-order valence-corrected chi connectivity index (χ2v) is 3.53. The lowest BCUT2D eigenvalue weighted by Gasteiger charge is -2.07. The molecule has 5 nitrogen and oxygen atoms in total. The van der Waals surface area contributed by atoms with E-state index in [1.54, 1.807) is 0 Å². The number of hydrogen-bond donors (Lipinski definition) is 2. The summed E-state index contributed by atoms with van der Waals surface area (Å²) >= 11 is 0. The molecule has 94 valence electrons. The number of hydrogen-bond acceptors (Lipinski definition) is 4. The molecule has 0 unspecified atom stereocenters. The molecule has 0 aliphatic heterocycles. The quantitative estimate of drug-likeness (QED) is 0.436. The van der Waals surface area contributed by atoms with E-state index < -0.39 is 16.4 Å². The molecule has 0 aliphatic carbocycles. The highest BCUT2D eigenvalue weighted by atomic mass is 19.1. The maximum Gasteiger partial charge on any atom is 0.327 e. The van der Waals surface area contributed by atoms with E-state index in [9.17, 15) is 14.5 Å². The molecule has 2 N–H and O–H groups in total. The standard InChI is InChI=1S/C11H16FN3O2/c1-2-13-7-4-8-14-10-6-3-5-9(12)11(10)15(16)17/h3,5-6,13-14H,2,4,7-8H2,1H3. The molecule has 0 spiro atoms. The Morgan fingerprint density at radius 2 is 2.18 bits per heavy atom. The number of benzene rings is 1. The predicted molar refractivity (Wildman–Crippen MR) is 64.7 cm³/mol. The first-order chi connectivity index (χ1) is 8.16. The van der Waals surface area contributed by atoms with E-state index in [0.29, 0.717) is 6.54 Å². The maximum absolute atomic E-state index is 13.2. The summed E-state index contributed by atoms with van der Waals surface area (Å²) in [5, 5.41) is 16.7. The summed E-state index contributed by atoms with van der Waals surface area (Å²) in [4.78, 5) is 9.98. The number of nitro benzene ring substituents is 1. The Morgan fingerprint density at radius 1 is 1.41 bits per heavy atom. The highest BCUT2D eigenvalue weighted by Gasteiger charge is 2.18. The molecule has 0 radical (unpaired) electrons. The Morgan fingerprint density at radius 3 is 2.82 bits per heavy atom. The van der Waals surface area contributed by atoms with Crippen molar-refractivity contribution in [2.24, 2.45) is 0 Å². The maximum atomic E-state index is 13.2. The lowest BCUT2D eigenvalue weighted by atomic mass is 10.2. The number of nitro groups is 1. The Kier molecular flexibility index (Phi) is 5.35.